The van der Waals surface area contributed by atoms with E-state index < -0.39 is 0 Å². The molecule has 1 aliphatic heterocycles. The van der Waals surface area contributed by atoms with Gasteiger partial charge in [-0.15, -0.1) is 0 Å². The van der Waals surface area contributed by atoms with E-state index in [1.165, 1.54) is 5.56 Å². The van der Waals surface area contributed by atoms with Crippen LogP contribution in [0.25, 0.3) is 0 Å². The molecule has 0 bridgehead atoms. The summed E-state index contributed by atoms with van der Waals surface area (Å²) in [5.41, 5.74) is 1.34. The zero-order chi connectivity index (χ0) is 12.3. The highest BCUT2D eigenvalue weighted by Gasteiger charge is 2.34. The number of amides is 1. The lowest BCUT2D eigenvalue weighted by molar-refractivity contribution is -0.123. The van der Waals surface area contributed by atoms with Gasteiger partial charge in [0.05, 0.1) is 7.11 Å². The number of piperidine rings is 1. The molecule has 1 fully saturated rings. The Kier molecular flexibility index (Phi) is 3.36. The van der Waals surface area contributed by atoms with Crippen molar-refractivity contribution in [3.63, 3.8) is 0 Å². The highest BCUT2D eigenvalue weighted by molar-refractivity contribution is 5.77. The zero-order valence-corrected chi connectivity index (χ0v) is 10.5. The molecule has 1 N–H and O–H groups in total. The van der Waals surface area contributed by atoms with Gasteiger partial charge in [-0.2, -0.15) is 0 Å². The van der Waals surface area contributed by atoms with Crippen LogP contribution in [0.1, 0.15) is 31.7 Å². The first kappa shape index (κ1) is 12.0. The lowest BCUT2D eigenvalue weighted by Crippen LogP contribution is -2.45. The van der Waals surface area contributed by atoms with Crippen LogP contribution >= 0.6 is 0 Å². The van der Waals surface area contributed by atoms with E-state index in [4.69, 9.17) is 4.74 Å². The third kappa shape index (κ3) is 2.28. The predicted molar refractivity (Wildman–Crippen MR) is 67.2 cm³/mol. The lowest BCUT2D eigenvalue weighted by atomic mass is 9.72. The Balaban J connectivity index is 2.30. The molecule has 1 aromatic carbocycles. The van der Waals surface area contributed by atoms with Crippen molar-refractivity contribution in [1.82, 2.24) is 5.32 Å². The Morgan fingerprint density at radius 2 is 2.29 bits per heavy atom. The molecule has 0 radical (unpaired) electrons. The number of carbonyl (C=O) groups is 1. The maximum Gasteiger partial charge on any atom is 0.220 e. The summed E-state index contributed by atoms with van der Waals surface area (Å²) < 4.78 is 5.27. The van der Waals surface area contributed by atoms with Crippen molar-refractivity contribution >= 4 is 5.91 Å². The Labute approximate surface area is 102 Å². The quantitative estimate of drug-likeness (QED) is 0.869. The molecule has 1 aliphatic rings. The largest absolute Gasteiger partial charge is 0.497 e. The van der Waals surface area contributed by atoms with Crippen molar-refractivity contribution in [2.24, 2.45) is 0 Å². The van der Waals surface area contributed by atoms with Crippen molar-refractivity contribution in [2.75, 3.05) is 13.7 Å². The Morgan fingerprint density at radius 3 is 2.88 bits per heavy atom. The van der Waals surface area contributed by atoms with Gasteiger partial charge in [-0.1, -0.05) is 19.1 Å². The summed E-state index contributed by atoms with van der Waals surface area (Å²) in [6.45, 7) is 2.91. The number of rotatable bonds is 3. The van der Waals surface area contributed by atoms with E-state index in [-0.39, 0.29) is 11.3 Å². The number of carbonyl (C=O) groups excluding carboxylic acids is 1. The standard InChI is InChI=1S/C14H19NO2/c1-3-14(8-7-13(16)15-10-14)11-5-4-6-12(9-11)17-2/h4-6,9H,3,7-8,10H2,1-2H3,(H,15,16). The fourth-order valence-corrected chi connectivity index (χ4v) is 2.50. The van der Waals surface area contributed by atoms with E-state index in [1.807, 2.05) is 12.1 Å². The number of benzene rings is 1. The molecule has 0 aromatic heterocycles. The van der Waals surface area contributed by atoms with Crippen LogP contribution in [-0.2, 0) is 10.2 Å². The van der Waals surface area contributed by atoms with Gasteiger partial charge in [0.2, 0.25) is 5.91 Å². The maximum atomic E-state index is 11.3. The van der Waals surface area contributed by atoms with Crippen LogP contribution in [0.5, 0.6) is 5.75 Å². The van der Waals surface area contributed by atoms with Gasteiger partial charge in [-0.05, 0) is 30.5 Å². The van der Waals surface area contributed by atoms with Crippen LogP contribution in [-0.4, -0.2) is 19.6 Å². The summed E-state index contributed by atoms with van der Waals surface area (Å²) in [5, 5.41) is 2.98. The molecule has 92 valence electrons. The molecular formula is C14H19NO2. The Bertz CT molecular complexity index is 404. The van der Waals surface area contributed by atoms with Crippen LogP contribution in [0.3, 0.4) is 0 Å². The number of ether oxygens (including phenoxy) is 1. The van der Waals surface area contributed by atoms with Crippen molar-refractivity contribution < 1.29 is 9.53 Å². The summed E-state index contributed by atoms with van der Waals surface area (Å²) >= 11 is 0. The SMILES string of the molecule is CCC1(c2cccc(OC)c2)CCC(=O)NC1. The molecule has 3 heteroatoms. The van der Waals surface area contributed by atoms with Gasteiger partial charge < -0.3 is 10.1 Å². The number of methoxy groups -OCH3 is 1. The summed E-state index contributed by atoms with van der Waals surface area (Å²) in [7, 11) is 1.68. The van der Waals surface area contributed by atoms with E-state index in [1.54, 1.807) is 7.11 Å². The van der Waals surface area contributed by atoms with Crippen LogP contribution in [0, 0.1) is 0 Å². The summed E-state index contributed by atoms with van der Waals surface area (Å²) in [6.07, 6.45) is 2.56. The van der Waals surface area contributed by atoms with Crippen LogP contribution in [0.2, 0.25) is 0 Å². The van der Waals surface area contributed by atoms with Gasteiger partial charge >= 0.3 is 0 Å². The molecule has 1 unspecified atom stereocenters. The molecule has 2 rings (SSSR count). The second-order valence-corrected chi connectivity index (χ2v) is 4.64. The van der Waals surface area contributed by atoms with Crippen LogP contribution in [0.15, 0.2) is 24.3 Å². The molecular weight excluding hydrogens is 214 g/mol. The summed E-state index contributed by atoms with van der Waals surface area (Å²) in [4.78, 5) is 11.3. The second kappa shape index (κ2) is 4.78. The molecule has 0 saturated carbocycles. The van der Waals surface area contributed by atoms with Gasteiger partial charge in [0.15, 0.2) is 0 Å². The number of hydrogen-bond donors (Lipinski definition) is 1. The van der Waals surface area contributed by atoms with Crippen molar-refractivity contribution in [3.05, 3.63) is 29.8 Å². The normalized spacial score (nSPS) is 24.2. The van der Waals surface area contributed by atoms with Gasteiger partial charge in [0, 0.05) is 18.4 Å². The fraction of sp³-hybridized carbons (Fsp3) is 0.500. The zero-order valence-electron chi connectivity index (χ0n) is 10.5. The van der Waals surface area contributed by atoms with Crippen molar-refractivity contribution in [2.45, 2.75) is 31.6 Å². The minimum atomic E-state index is 0.0719. The molecule has 1 heterocycles. The lowest BCUT2D eigenvalue weighted by Gasteiger charge is -2.37. The first-order valence-corrected chi connectivity index (χ1v) is 6.11. The van der Waals surface area contributed by atoms with Gasteiger partial charge in [-0.3, -0.25) is 4.79 Å². The molecule has 1 amide bonds. The van der Waals surface area contributed by atoms with Crippen molar-refractivity contribution in [3.8, 4) is 5.75 Å². The Hall–Kier alpha value is -1.51. The topological polar surface area (TPSA) is 38.3 Å². The summed E-state index contributed by atoms with van der Waals surface area (Å²) in [6, 6.07) is 8.18. The average molecular weight is 233 g/mol. The third-order valence-electron chi connectivity index (χ3n) is 3.81. The number of hydrogen-bond acceptors (Lipinski definition) is 2. The van der Waals surface area contributed by atoms with E-state index in [0.29, 0.717) is 6.42 Å². The molecule has 0 spiro atoms. The minimum Gasteiger partial charge on any atom is -0.497 e. The van der Waals surface area contributed by atoms with E-state index in [2.05, 4.69) is 24.4 Å². The highest BCUT2D eigenvalue weighted by Crippen LogP contribution is 2.36. The van der Waals surface area contributed by atoms with Gasteiger partial charge in [0.1, 0.15) is 5.75 Å². The molecule has 1 saturated heterocycles. The Morgan fingerprint density at radius 1 is 1.47 bits per heavy atom. The van der Waals surface area contributed by atoms with Gasteiger partial charge in [-0.25, -0.2) is 0 Å². The first-order chi connectivity index (χ1) is 8.20. The monoisotopic (exact) mass is 233 g/mol. The fourth-order valence-electron chi connectivity index (χ4n) is 2.50. The van der Waals surface area contributed by atoms with E-state index in [9.17, 15) is 4.79 Å². The molecule has 0 aliphatic carbocycles. The molecule has 17 heavy (non-hydrogen) atoms. The molecule has 1 atom stereocenters. The predicted octanol–water partition coefficient (Wildman–Crippen LogP) is 2.25. The molecule has 3 nitrogen and oxygen atoms in total. The van der Waals surface area contributed by atoms with Crippen LogP contribution in [0.4, 0.5) is 0 Å². The second-order valence-electron chi connectivity index (χ2n) is 4.64. The number of nitrogens with one attached hydrogen (secondary N) is 1. The average Bonchev–Trinajstić information content (AvgIpc) is 2.40. The smallest absolute Gasteiger partial charge is 0.220 e. The third-order valence-corrected chi connectivity index (χ3v) is 3.81. The van der Waals surface area contributed by atoms with E-state index in [0.717, 1.165) is 25.1 Å². The maximum absolute atomic E-state index is 11.3. The van der Waals surface area contributed by atoms with E-state index >= 15 is 0 Å². The molecule has 1 aromatic rings. The van der Waals surface area contributed by atoms with Gasteiger partial charge in [0.25, 0.3) is 0 Å². The first-order valence-electron chi connectivity index (χ1n) is 6.11. The van der Waals surface area contributed by atoms with Crippen LogP contribution < -0.4 is 10.1 Å². The summed E-state index contributed by atoms with van der Waals surface area (Å²) in [5.74, 6) is 1.05. The van der Waals surface area contributed by atoms with Crippen molar-refractivity contribution in [1.29, 1.82) is 0 Å². The minimum absolute atomic E-state index is 0.0719. The highest BCUT2D eigenvalue weighted by atomic mass is 16.5.